The molecule has 3 aromatic heterocycles. The Morgan fingerprint density at radius 1 is 0.850 bits per heavy atom. The average Bonchev–Trinajstić information content (AvgIpc) is 3.09. The largest absolute Gasteiger partial charge is 0.213 e. The number of nitrogens with zero attached hydrogens (tertiary/aromatic N) is 4. The van der Waals surface area contributed by atoms with Crippen molar-refractivity contribution in [1.82, 2.24) is 20.4 Å². The van der Waals surface area contributed by atoms with Crippen molar-refractivity contribution < 1.29 is 0 Å². The zero-order valence-corrected chi connectivity index (χ0v) is 12.5. The van der Waals surface area contributed by atoms with Crippen molar-refractivity contribution in [3.63, 3.8) is 0 Å². The minimum Gasteiger partial charge on any atom is -0.137 e. The Morgan fingerprint density at radius 2 is 1.45 bits per heavy atom. The second kappa shape index (κ2) is 5.49. The summed E-state index contributed by atoms with van der Waals surface area (Å²) in [6, 6.07) is 7.92. The molecule has 0 fully saturated rings. The average molecular weight is 298 g/mol. The van der Waals surface area contributed by atoms with Crippen LogP contribution in [0, 0.1) is 18.8 Å². The van der Waals surface area contributed by atoms with E-state index < -0.39 is 0 Å². The molecule has 0 N–H and O–H groups in total. The molecule has 0 spiro atoms. The lowest BCUT2D eigenvalue weighted by Gasteiger charge is -1.95. The topological polar surface area (TPSA) is 51.6 Å². The SMILES string of the molecule is CC#Cc1ccc(-c2nnc(-c3ccc(C)s3)nn2)s1. The van der Waals surface area contributed by atoms with Gasteiger partial charge in [0.15, 0.2) is 0 Å². The van der Waals surface area contributed by atoms with E-state index in [-0.39, 0.29) is 0 Å². The van der Waals surface area contributed by atoms with Crippen LogP contribution >= 0.6 is 22.7 Å². The molecule has 3 aromatic rings. The predicted octanol–water partition coefficient (Wildman–Crippen LogP) is 3.40. The molecule has 0 bridgehead atoms. The molecule has 0 saturated carbocycles. The molecule has 3 rings (SSSR count). The maximum atomic E-state index is 4.15. The fraction of sp³-hybridized carbons (Fsp3) is 0.143. The second-order valence-electron chi connectivity index (χ2n) is 4.00. The summed E-state index contributed by atoms with van der Waals surface area (Å²) in [5.41, 5.74) is 0. The van der Waals surface area contributed by atoms with Gasteiger partial charge in [0.25, 0.3) is 0 Å². The van der Waals surface area contributed by atoms with Crippen LogP contribution in [-0.4, -0.2) is 20.4 Å². The summed E-state index contributed by atoms with van der Waals surface area (Å²) < 4.78 is 0. The van der Waals surface area contributed by atoms with Gasteiger partial charge < -0.3 is 0 Å². The third kappa shape index (κ3) is 2.59. The first-order chi connectivity index (χ1) is 9.76. The highest BCUT2D eigenvalue weighted by Gasteiger charge is 2.09. The Morgan fingerprint density at radius 3 is 2.00 bits per heavy atom. The molecule has 0 saturated heterocycles. The van der Waals surface area contributed by atoms with Crippen molar-refractivity contribution >= 4 is 22.7 Å². The Hall–Kier alpha value is -2.10. The summed E-state index contributed by atoms with van der Waals surface area (Å²) in [7, 11) is 0. The first-order valence-corrected chi connectivity index (χ1v) is 7.57. The summed E-state index contributed by atoms with van der Waals surface area (Å²) in [6.45, 7) is 3.86. The lowest BCUT2D eigenvalue weighted by atomic mass is 10.4. The molecule has 0 aromatic carbocycles. The van der Waals surface area contributed by atoms with Crippen molar-refractivity contribution in [2.45, 2.75) is 13.8 Å². The highest BCUT2D eigenvalue weighted by Crippen LogP contribution is 2.26. The van der Waals surface area contributed by atoms with E-state index >= 15 is 0 Å². The zero-order chi connectivity index (χ0) is 13.9. The predicted molar refractivity (Wildman–Crippen MR) is 81.5 cm³/mol. The molecule has 0 radical (unpaired) electrons. The van der Waals surface area contributed by atoms with Crippen LogP contribution in [0.5, 0.6) is 0 Å². The van der Waals surface area contributed by atoms with Gasteiger partial charge in [0.2, 0.25) is 11.6 Å². The van der Waals surface area contributed by atoms with Gasteiger partial charge in [-0.1, -0.05) is 5.92 Å². The molecule has 3 heterocycles. The third-order valence-corrected chi connectivity index (χ3v) is 4.51. The highest BCUT2D eigenvalue weighted by molar-refractivity contribution is 7.16. The van der Waals surface area contributed by atoms with Crippen molar-refractivity contribution in [2.75, 3.05) is 0 Å². The van der Waals surface area contributed by atoms with E-state index in [4.69, 9.17) is 0 Å². The van der Waals surface area contributed by atoms with Crippen LogP contribution in [0.15, 0.2) is 24.3 Å². The van der Waals surface area contributed by atoms with Gasteiger partial charge in [-0.05, 0) is 38.1 Å². The van der Waals surface area contributed by atoms with Crippen LogP contribution in [0.25, 0.3) is 21.4 Å². The molecule has 0 aliphatic rings. The number of hydrogen-bond donors (Lipinski definition) is 0. The van der Waals surface area contributed by atoms with Crippen molar-refractivity contribution in [3.8, 4) is 33.2 Å². The molecule has 98 valence electrons. The summed E-state index contributed by atoms with van der Waals surface area (Å²) >= 11 is 3.17. The summed E-state index contributed by atoms with van der Waals surface area (Å²) in [4.78, 5) is 4.12. The van der Waals surface area contributed by atoms with Gasteiger partial charge in [-0.25, -0.2) is 0 Å². The van der Waals surface area contributed by atoms with Crippen LogP contribution in [-0.2, 0) is 0 Å². The standard InChI is InChI=1S/C14H10N4S2/c1-3-4-10-6-8-12(20-10)14-17-15-13(16-18-14)11-7-5-9(2)19-11/h5-8H,1-2H3. The minimum atomic E-state index is 0.538. The van der Waals surface area contributed by atoms with E-state index in [0.717, 1.165) is 14.6 Å². The van der Waals surface area contributed by atoms with E-state index in [0.29, 0.717) is 11.6 Å². The minimum absolute atomic E-state index is 0.538. The fourth-order valence-corrected chi connectivity index (χ4v) is 3.26. The molecule has 0 aliphatic carbocycles. The third-order valence-electron chi connectivity index (χ3n) is 2.51. The quantitative estimate of drug-likeness (QED) is 0.680. The number of aryl methyl sites for hydroxylation is 1. The first kappa shape index (κ1) is 12.9. The Bertz CT molecular complexity index is 790. The van der Waals surface area contributed by atoms with Crippen LogP contribution < -0.4 is 0 Å². The zero-order valence-electron chi connectivity index (χ0n) is 10.9. The number of aromatic nitrogens is 4. The van der Waals surface area contributed by atoms with E-state index in [9.17, 15) is 0 Å². The fourth-order valence-electron chi connectivity index (χ4n) is 1.63. The Balaban J connectivity index is 1.90. The van der Waals surface area contributed by atoms with E-state index in [1.807, 2.05) is 38.1 Å². The lowest BCUT2D eigenvalue weighted by Crippen LogP contribution is -1.97. The van der Waals surface area contributed by atoms with Gasteiger partial charge in [-0.2, -0.15) is 0 Å². The van der Waals surface area contributed by atoms with Crippen LogP contribution in [0.2, 0.25) is 0 Å². The van der Waals surface area contributed by atoms with Crippen LogP contribution in [0.4, 0.5) is 0 Å². The van der Waals surface area contributed by atoms with E-state index in [1.165, 1.54) is 4.88 Å². The maximum absolute atomic E-state index is 4.15. The van der Waals surface area contributed by atoms with Gasteiger partial charge >= 0.3 is 0 Å². The molecular weight excluding hydrogens is 288 g/mol. The Kier molecular flexibility index (Phi) is 3.54. The summed E-state index contributed by atoms with van der Waals surface area (Å²) in [6.07, 6.45) is 0. The van der Waals surface area contributed by atoms with Gasteiger partial charge in [0.1, 0.15) is 0 Å². The van der Waals surface area contributed by atoms with E-state index in [2.05, 4.69) is 32.2 Å². The van der Waals surface area contributed by atoms with Gasteiger partial charge in [0.05, 0.1) is 14.6 Å². The van der Waals surface area contributed by atoms with Gasteiger partial charge in [-0.3, -0.25) is 0 Å². The molecule has 0 amide bonds. The van der Waals surface area contributed by atoms with Crippen molar-refractivity contribution in [2.24, 2.45) is 0 Å². The maximum Gasteiger partial charge on any atom is 0.213 e. The van der Waals surface area contributed by atoms with Gasteiger partial charge in [-0.15, -0.1) is 49.0 Å². The van der Waals surface area contributed by atoms with Crippen molar-refractivity contribution in [3.05, 3.63) is 34.0 Å². The summed E-state index contributed by atoms with van der Waals surface area (Å²) in [5.74, 6) is 6.99. The molecular formula is C14H10N4S2. The molecule has 6 heteroatoms. The molecule has 0 unspecified atom stereocenters. The highest BCUT2D eigenvalue weighted by atomic mass is 32.1. The van der Waals surface area contributed by atoms with Crippen LogP contribution in [0.1, 0.15) is 16.7 Å². The number of thiophene rings is 2. The summed E-state index contributed by atoms with van der Waals surface area (Å²) in [5, 5.41) is 16.6. The van der Waals surface area contributed by atoms with Gasteiger partial charge in [0, 0.05) is 4.88 Å². The Labute approximate surface area is 124 Å². The number of hydrogen-bond acceptors (Lipinski definition) is 6. The second-order valence-corrected chi connectivity index (χ2v) is 6.37. The normalized spacial score (nSPS) is 10.1. The number of rotatable bonds is 2. The molecule has 20 heavy (non-hydrogen) atoms. The first-order valence-electron chi connectivity index (χ1n) is 5.93. The van der Waals surface area contributed by atoms with Crippen molar-refractivity contribution in [1.29, 1.82) is 0 Å². The smallest absolute Gasteiger partial charge is 0.137 e. The molecule has 0 aliphatic heterocycles. The lowest BCUT2D eigenvalue weighted by molar-refractivity contribution is 0.881. The monoisotopic (exact) mass is 298 g/mol. The molecule has 4 nitrogen and oxygen atoms in total. The van der Waals surface area contributed by atoms with E-state index in [1.54, 1.807) is 22.7 Å². The molecule has 0 atom stereocenters. The van der Waals surface area contributed by atoms with Crippen LogP contribution in [0.3, 0.4) is 0 Å².